The molecule has 0 amide bonds. The van der Waals surface area contributed by atoms with Gasteiger partial charge in [-0.15, -0.1) is 0 Å². The van der Waals surface area contributed by atoms with E-state index in [0.29, 0.717) is 28.6 Å². The highest BCUT2D eigenvalue weighted by atomic mass is 32.2. The molecular formula is C12H18N2O2S. The van der Waals surface area contributed by atoms with Crippen molar-refractivity contribution in [3.8, 4) is 0 Å². The molecule has 2 N–H and O–H groups in total. The first kappa shape index (κ1) is 12.4. The van der Waals surface area contributed by atoms with Gasteiger partial charge < -0.3 is 5.73 Å². The van der Waals surface area contributed by atoms with E-state index in [1.807, 2.05) is 0 Å². The van der Waals surface area contributed by atoms with Crippen molar-refractivity contribution < 1.29 is 8.42 Å². The van der Waals surface area contributed by atoms with Crippen LogP contribution >= 0.6 is 0 Å². The van der Waals surface area contributed by atoms with Crippen molar-refractivity contribution in [2.75, 3.05) is 19.3 Å². The number of nitrogens with zero attached hydrogens (tertiary/aromatic N) is 1. The molecule has 1 aromatic carbocycles. The minimum absolute atomic E-state index is 0.356. The molecule has 0 bridgehead atoms. The maximum Gasteiger partial charge on any atom is 0.243 e. The lowest BCUT2D eigenvalue weighted by molar-refractivity contribution is 0.452. The van der Waals surface area contributed by atoms with Crippen LogP contribution < -0.4 is 5.73 Å². The second kappa shape index (κ2) is 4.31. The smallest absolute Gasteiger partial charge is 0.243 e. The molecule has 0 aliphatic heterocycles. The van der Waals surface area contributed by atoms with E-state index in [2.05, 4.69) is 0 Å². The monoisotopic (exact) mass is 254 g/mol. The fourth-order valence-electron chi connectivity index (χ4n) is 1.89. The molecule has 5 heteroatoms. The van der Waals surface area contributed by atoms with E-state index in [0.717, 1.165) is 12.8 Å². The van der Waals surface area contributed by atoms with Crippen molar-refractivity contribution in [3.63, 3.8) is 0 Å². The molecule has 4 nitrogen and oxygen atoms in total. The van der Waals surface area contributed by atoms with Gasteiger partial charge in [-0.25, -0.2) is 12.7 Å². The summed E-state index contributed by atoms with van der Waals surface area (Å²) in [4.78, 5) is 0.356. The Morgan fingerprint density at radius 3 is 2.59 bits per heavy atom. The molecule has 2 rings (SSSR count). The number of aryl methyl sites for hydroxylation is 1. The molecule has 1 aliphatic carbocycles. The number of anilines is 1. The fourth-order valence-corrected chi connectivity index (χ4v) is 3.34. The van der Waals surface area contributed by atoms with E-state index in [1.165, 1.54) is 4.31 Å². The van der Waals surface area contributed by atoms with Gasteiger partial charge >= 0.3 is 0 Å². The second-order valence-corrected chi connectivity index (χ2v) is 6.77. The zero-order valence-electron chi connectivity index (χ0n) is 10.2. The van der Waals surface area contributed by atoms with Gasteiger partial charge in [0.15, 0.2) is 0 Å². The Hall–Kier alpha value is -1.07. The minimum Gasteiger partial charge on any atom is -0.399 e. The Kier molecular flexibility index (Phi) is 3.14. The summed E-state index contributed by atoms with van der Waals surface area (Å²) in [5.41, 5.74) is 6.92. The largest absolute Gasteiger partial charge is 0.399 e. The highest BCUT2D eigenvalue weighted by Crippen LogP contribution is 2.31. The minimum atomic E-state index is -3.36. The molecule has 0 aromatic heterocycles. The lowest BCUT2D eigenvalue weighted by atomic mass is 10.2. The van der Waals surface area contributed by atoms with Crippen molar-refractivity contribution in [1.82, 2.24) is 4.31 Å². The van der Waals surface area contributed by atoms with Crippen LogP contribution in [0, 0.1) is 12.8 Å². The van der Waals surface area contributed by atoms with Gasteiger partial charge in [0.2, 0.25) is 10.0 Å². The lowest BCUT2D eigenvalue weighted by Gasteiger charge is -2.18. The zero-order valence-corrected chi connectivity index (χ0v) is 11.0. The molecule has 0 unspecified atom stereocenters. The third-order valence-corrected chi connectivity index (χ3v) is 5.08. The summed E-state index contributed by atoms with van der Waals surface area (Å²) in [6.07, 6.45) is 2.28. The Morgan fingerprint density at radius 2 is 2.06 bits per heavy atom. The maximum atomic E-state index is 12.3. The van der Waals surface area contributed by atoms with Crippen LogP contribution in [0.1, 0.15) is 18.4 Å². The Morgan fingerprint density at radius 1 is 1.41 bits per heavy atom. The molecule has 1 aromatic rings. The lowest BCUT2D eigenvalue weighted by Crippen LogP contribution is -2.29. The van der Waals surface area contributed by atoms with Crippen molar-refractivity contribution in [2.24, 2.45) is 5.92 Å². The molecule has 0 spiro atoms. The first-order valence-electron chi connectivity index (χ1n) is 5.73. The van der Waals surface area contributed by atoms with Crippen molar-refractivity contribution in [3.05, 3.63) is 23.8 Å². The number of rotatable bonds is 4. The van der Waals surface area contributed by atoms with E-state index in [1.54, 1.807) is 32.2 Å². The molecule has 0 radical (unpaired) electrons. The van der Waals surface area contributed by atoms with Crippen LogP contribution in [0.4, 0.5) is 5.69 Å². The van der Waals surface area contributed by atoms with Gasteiger partial charge in [0.1, 0.15) is 0 Å². The van der Waals surface area contributed by atoms with Crippen LogP contribution in [0.25, 0.3) is 0 Å². The highest BCUT2D eigenvalue weighted by molar-refractivity contribution is 7.89. The standard InChI is InChI=1S/C12H18N2O2S/c1-9-7-11(13)5-6-12(9)17(15,16)14(2)8-10-3-4-10/h5-7,10H,3-4,8,13H2,1-2H3. The number of hydrogen-bond donors (Lipinski definition) is 1. The first-order valence-corrected chi connectivity index (χ1v) is 7.17. The maximum absolute atomic E-state index is 12.3. The van der Waals surface area contributed by atoms with Gasteiger partial charge in [0, 0.05) is 19.3 Å². The van der Waals surface area contributed by atoms with E-state index in [9.17, 15) is 8.42 Å². The predicted octanol–water partition coefficient (Wildman–Crippen LogP) is 1.61. The van der Waals surface area contributed by atoms with Crippen LogP contribution in [0.15, 0.2) is 23.1 Å². The normalized spacial score (nSPS) is 16.4. The third kappa shape index (κ3) is 2.61. The highest BCUT2D eigenvalue weighted by Gasteiger charge is 2.29. The number of hydrogen-bond acceptors (Lipinski definition) is 3. The predicted molar refractivity (Wildman–Crippen MR) is 68.1 cm³/mol. The first-order chi connectivity index (χ1) is 7.91. The Bertz CT molecular complexity index is 521. The van der Waals surface area contributed by atoms with Gasteiger partial charge in [0.25, 0.3) is 0 Å². The molecule has 1 fully saturated rings. The van der Waals surface area contributed by atoms with Crippen LogP contribution in [-0.4, -0.2) is 26.3 Å². The molecule has 1 saturated carbocycles. The quantitative estimate of drug-likeness (QED) is 0.830. The second-order valence-electron chi connectivity index (χ2n) is 4.75. The van der Waals surface area contributed by atoms with Crippen molar-refractivity contribution in [2.45, 2.75) is 24.7 Å². The van der Waals surface area contributed by atoms with Crippen molar-refractivity contribution in [1.29, 1.82) is 0 Å². The van der Waals surface area contributed by atoms with Gasteiger partial charge in [0.05, 0.1) is 4.90 Å². The number of sulfonamides is 1. The Labute approximate surface area is 102 Å². The summed E-state index contributed by atoms with van der Waals surface area (Å²) < 4.78 is 26.1. The average Bonchev–Trinajstić information content (AvgIpc) is 3.00. The van der Waals surface area contributed by atoms with Crippen molar-refractivity contribution >= 4 is 15.7 Å². The van der Waals surface area contributed by atoms with Crippen LogP contribution in [0.5, 0.6) is 0 Å². The summed E-state index contributed by atoms with van der Waals surface area (Å²) in [5.74, 6) is 0.545. The van der Waals surface area contributed by atoms with E-state index in [4.69, 9.17) is 5.73 Å². The topological polar surface area (TPSA) is 63.4 Å². The summed E-state index contributed by atoms with van der Waals surface area (Å²) in [7, 11) is -1.72. The van der Waals surface area contributed by atoms with E-state index in [-0.39, 0.29) is 0 Å². The molecule has 94 valence electrons. The summed E-state index contributed by atoms with van der Waals surface area (Å²) >= 11 is 0. The van der Waals surface area contributed by atoms with E-state index >= 15 is 0 Å². The fraction of sp³-hybridized carbons (Fsp3) is 0.500. The molecule has 0 saturated heterocycles. The SMILES string of the molecule is Cc1cc(N)ccc1S(=O)(=O)N(C)CC1CC1. The molecule has 0 atom stereocenters. The third-order valence-electron chi connectivity index (χ3n) is 3.10. The van der Waals surface area contributed by atoms with Crippen LogP contribution in [0.2, 0.25) is 0 Å². The zero-order chi connectivity index (χ0) is 12.6. The average molecular weight is 254 g/mol. The van der Waals surface area contributed by atoms with Gasteiger partial charge in [-0.05, 0) is 49.4 Å². The number of benzene rings is 1. The summed E-state index contributed by atoms with van der Waals surface area (Å²) in [6.45, 7) is 2.39. The van der Waals surface area contributed by atoms with E-state index < -0.39 is 10.0 Å². The molecule has 1 aliphatic rings. The molecular weight excluding hydrogens is 236 g/mol. The van der Waals surface area contributed by atoms with Gasteiger partial charge in [-0.2, -0.15) is 0 Å². The molecule has 17 heavy (non-hydrogen) atoms. The van der Waals surface area contributed by atoms with Crippen LogP contribution in [-0.2, 0) is 10.0 Å². The number of nitrogen functional groups attached to an aromatic ring is 1. The number of nitrogens with two attached hydrogens (primary N) is 1. The van der Waals surface area contributed by atoms with Gasteiger partial charge in [-0.3, -0.25) is 0 Å². The summed E-state index contributed by atoms with van der Waals surface area (Å²) in [5, 5.41) is 0. The molecule has 0 heterocycles. The van der Waals surface area contributed by atoms with Crippen LogP contribution in [0.3, 0.4) is 0 Å². The van der Waals surface area contributed by atoms with Gasteiger partial charge in [-0.1, -0.05) is 0 Å². The Balaban J connectivity index is 2.29. The summed E-state index contributed by atoms with van der Waals surface area (Å²) in [6, 6.07) is 4.91.